The highest BCUT2D eigenvalue weighted by atomic mass is 16.2. The van der Waals surface area contributed by atoms with Crippen LogP contribution in [0.2, 0.25) is 0 Å². The number of nitrogens with one attached hydrogen (secondary N) is 6. The first-order valence-electron chi connectivity index (χ1n) is 14.9. The van der Waals surface area contributed by atoms with Crippen LogP contribution in [0.25, 0.3) is 0 Å². The van der Waals surface area contributed by atoms with Gasteiger partial charge in [-0.1, -0.05) is 0 Å². The van der Waals surface area contributed by atoms with Gasteiger partial charge in [-0.2, -0.15) is 0 Å². The number of Topliss-reactive ketones (excluding diaryl/α,β-unsaturated/α-hetero) is 1. The van der Waals surface area contributed by atoms with Crippen molar-refractivity contribution in [2.24, 2.45) is 38.7 Å². The lowest BCUT2D eigenvalue weighted by atomic mass is 9.90. The van der Waals surface area contributed by atoms with Gasteiger partial charge in [-0.25, -0.2) is 0 Å². The molecule has 2 heterocycles. The maximum absolute atomic E-state index is 13.6. The topological polar surface area (TPSA) is 329 Å². The van der Waals surface area contributed by atoms with Crippen LogP contribution in [0.5, 0.6) is 0 Å². The smallest absolute Gasteiger partial charge is 0.248 e. The van der Waals surface area contributed by atoms with E-state index in [2.05, 4.69) is 41.9 Å². The number of hydrogen-bond acceptors (Lipinski definition) is 10. The molecular weight excluding hydrogens is 590 g/mol. The third kappa shape index (κ3) is 12.2. The second kappa shape index (κ2) is 18.3. The highest BCUT2D eigenvalue weighted by molar-refractivity contribution is 6.13. The summed E-state index contributed by atoms with van der Waals surface area (Å²) in [6.07, 6.45) is 3.01. The molecule has 0 unspecified atom stereocenters. The molecular formula is C26H47N13O6. The molecule has 2 saturated heterocycles. The van der Waals surface area contributed by atoms with Crippen LogP contribution in [-0.2, 0) is 28.8 Å². The predicted molar refractivity (Wildman–Crippen MR) is 165 cm³/mol. The minimum absolute atomic E-state index is 0.0885. The van der Waals surface area contributed by atoms with Crippen molar-refractivity contribution in [1.82, 2.24) is 31.9 Å². The van der Waals surface area contributed by atoms with Gasteiger partial charge in [-0.05, 0) is 64.5 Å². The van der Waals surface area contributed by atoms with E-state index in [1.807, 2.05) is 0 Å². The highest BCUT2D eigenvalue weighted by Gasteiger charge is 2.48. The fourth-order valence-electron chi connectivity index (χ4n) is 5.05. The summed E-state index contributed by atoms with van der Waals surface area (Å²) in [6, 6.07) is -2.55. The van der Waals surface area contributed by atoms with E-state index in [0.717, 1.165) is 6.42 Å². The standard InChI is InChI=1S/C26H47N13O6/c27-19(41)14-36-21(43)17(7-3-11-34-25(30)31)39-23(45)26(8-4-12-37-26)18(40)13-35-20(42)16(6-2-10-33-24(28)29)38-22(44)15-5-1-9-32-15/h15-17,32,37H,1-14H2,(H2,27,41)(H,35,42)(H,36,43)(H,38,44)(H,39,45)(H4,28,29,33)(H4,30,31,34)/t15-,16+,17+,26+/m0/s1. The normalized spacial score (nSPS) is 20.2. The van der Waals surface area contributed by atoms with E-state index in [1.165, 1.54) is 0 Å². The molecule has 0 aromatic rings. The summed E-state index contributed by atoms with van der Waals surface area (Å²) in [5, 5.41) is 16.2. The van der Waals surface area contributed by atoms with Crippen LogP contribution in [-0.4, -0.2) is 110 Å². The van der Waals surface area contributed by atoms with Crippen molar-refractivity contribution in [3.05, 3.63) is 0 Å². The molecule has 0 aromatic heterocycles. The van der Waals surface area contributed by atoms with Crippen LogP contribution in [0.3, 0.4) is 0 Å². The Morgan fingerprint density at radius 1 is 0.778 bits per heavy atom. The first-order chi connectivity index (χ1) is 21.4. The molecule has 5 amide bonds. The summed E-state index contributed by atoms with van der Waals surface area (Å²) in [4.78, 5) is 84.7. The molecule has 0 radical (unpaired) electrons. The Bertz CT molecular complexity index is 1120. The van der Waals surface area contributed by atoms with Crippen molar-refractivity contribution >= 4 is 47.2 Å². The zero-order valence-electron chi connectivity index (χ0n) is 25.4. The van der Waals surface area contributed by atoms with Crippen LogP contribution in [0.4, 0.5) is 0 Å². The molecule has 0 bridgehead atoms. The molecule has 2 fully saturated rings. The molecule has 0 spiro atoms. The molecule has 2 aliphatic heterocycles. The van der Waals surface area contributed by atoms with Crippen LogP contribution < -0.4 is 60.6 Å². The number of carbonyl (C=O) groups excluding carboxylic acids is 6. The predicted octanol–water partition coefficient (Wildman–Crippen LogP) is -5.78. The van der Waals surface area contributed by atoms with Crippen molar-refractivity contribution in [2.45, 2.75) is 75.0 Å². The summed E-state index contributed by atoms with van der Waals surface area (Å²) in [5.41, 5.74) is 24.8. The molecule has 2 rings (SSSR count). The number of nitrogens with zero attached hydrogens (tertiary/aromatic N) is 2. The number of carbonyl (C=O) groups is 6. The Kier molecular flexibility index (Phi) is 14.9. The zero-order chi connectivity index (χ0) is 33.4. The van der Waals surface area contributed by atoms with E-state index in [0.29, 0.717) is 38.8 Å². The first kappa shape index (κ1) is 36.7. The number of rotatable bonds is 19. The van der Waals surface area contributed by atoms with Gasteiger partial charge >= 0.3 is 0 Å². The van der Waals surface area contributed by atoms with Gasteiger partial charge in [-0.15, -0.1) is 0 Å². The number of hydrogen-bond donors (Lipinski definition) is 11. The molecule has 0 aliphatic carbocycles. The Labute approximate surface area is 261 Å². The molecule has 0 saturated carbocycles. The van der Waals surface area contributed by atoms with Crippen LogP contribution >= 0.6 is 0 Å². The van der Waals surface area contributed by atoms with E-state index in [9.17, 15) is 28.8 Å². The number of amides is 5. The van der Waals surface area contributed by atoms with Crippen LogP contribution in [0, 0.1) is 0 Å². The van der Waals surface area contributed by atoms with E-state index < -0.39 is 66.2 Å². The summed E-state index contributed by atoms with van der Waals surface area (Å²) in [5.74, 6) is -4.06. The third-order valence-corrected chi connectivity index (χ3v) is 7.40. The van der Waals surface area contributed by atoms with Gasteiger partial charge in [0.1, 0.15) is 12.1 Å². The summed E-state index contributed by atoms with van der Waals surface area (Å²) >= 11 is 0. The average Bonchev–Trinajstić information content (AvgIpc) is 3.71. The van der Waals surface area contributed by atoms with Gasteiger partial charge in [0.15, 0.2) is 23.2 Å². The largest absolute Gasteiger partial charge is 0.370 e. The lowest BCUT2D eigenvalue weighted by Crippen LogP contribution is -2.64. The van der Waals surface area contributed by atoms with Crippen molar-refractivity contribution in [1.29, 1.82) is 0 Å². The zero-order valence-corrected chi connectivity index (χ0v) is 25.4. The number of nitrogens with two attached hydrogens (primary N) is 5. The minimum Gasteiger partial charge on any atom is -0.370 e. The monoisotopic (exact) mass is 637 g/mol. The molecule has 19 nitrogen and oxygen atoms in total. The van der Waals surface area contributed by atoms with Gasteiger partial charge in [0.05, 0.1) is 19.1 Å². The van der Waals surface area contributed by atoms with E-state index in [4.69, 9.17) is 28.7 Å². The number of primary amides is 1. The third-order valence-electron chi connectivity index (χ3n) is 7.40. The summed E-state index contributed by atoms with van der Waals surface area (Å²) in [7, 11) is 0. The number of ketones is 1. The van der Waals surface area contributed by atoms with Crippen LogP contribution in [0.1, 0.15) is 51.4 Å². The summed E-state index contributed by atoms with van der Waals surface area (Å²) in [6.45, 7) is 0.462. The van der Waals surface area contributed by atoms with Gasteiger partial charge in [-0.3, -0.25) is 44.1 Å². The minimum atomic E-state index is -1.73. The fourth-order valence-corrected chi connectivity index (χ4v) is 5.05. The average molecular weight is 638 g/mol. The maximum Gasteiger partial charge on any atom is 0.248 e. The van der Waals surface area contributed by atoms with Crippen molar-refractivity contribution in [3.8, 4) is 0 Å². The maximum atomic E-state index is 13.6. The Hall–Kier alpha value is -4.52. The molecule has 16 N–H and O–H groups in total. The SMILES string of the molecule is NC(=O)CNC(=O)[C@@H](CCCN=C(N)N)NC(=O)[C@]1(C(=O)CNC(=O)[C@@H](CCCN=C(N)N)NC(=O)[C@@H]2CCCN2)CCCN1. The number of guanidine groups is 2. The van der Waals surface area contributed by atoms with Gasteiger partial charge in [0.2, 0.25) is 29.5 Å². The van der Waals surface area contributed by atoms with E-state index >= 15 is 0 Å². The van der Waals surface area contributed by atoms with Gasteiger partial charge in [0, 0.05) is 13.1 Å². The van der Waals surface area contributed by atoms with Gasteiger partial charge < -0.3 is 55.3 Å². The Morgan fingerprint density at radius 2 is 1.36 bits per heavy atom. The lowest BCUT2D eigenvalue weighted by Gasteiger charge is -2.29. The first-order valence-corrected chi connectivity index (χ1v) is 14.9. The molecule has 252 valence electrons. The molecule has 0 aromatic carbocycles. The second-order valence-electron chi connectivity index (χ2n) is 10.9. The van der Waals surface area contributed by atoms with Gasteiger partial charge in [0.25, 0.3) is 0 Å². The summed E-state index contributed by atoms with van der Waals surface area (Å²) < 4.78 is 0. The second-order valence-corrected chi connectivity index (χ2v) is 10.9. The molecule has 19 heteroatoms. The van der Waals surface area contributed by atoms with Crippen LogP contribution in [0.15, 0.2) is 9.98 Å². The highest BCUT2D eigenvalue weighted by Crippen LogP contribution is 2.21. The van der Waals surface area contributed by atoms with E-state index in [-0.39, 0.29) is 50.2 Å². The Balaban J connectivity index is 2.11. The number of aliphatic imine (C=N–C) groups is 2. The lowest BCUT2D eigenvalue weighted by molar-refractivity contribution is -0.140. The molecule has 2 aliphatic rings. The van der Waals surface area contributed by atoms with E-state index in [1.54, 1.807) is 0 Å². The Morgan fingerprint density at radius 3 is 1.84 bits per heavy atom. The molecule has 45 heavy (non-hydrogen) atoms. The molecule has 4 atom stereocenters. The van der Waals surface area contributed by atoms with Crippen molar-refractivity contribution in [3.63, 3.8) is 0 Å². The van der Waals surface area contributed by atoms with Crippen molar-refractivity contribution < 1.29 is 28.8 Å². The quantitative estimate of drug-likeness (QED) is 0.0273. The fraction of sp³-hybridized carbons (Fsp3) is 0.692. The van der Waals surface area contributed by atoms with Crippen molar-refractivity contribution in [2.75, 3.05) is 39.3 Å².